The zero-order valence-corrected chi connectivity index (χ0v) is 46.0. The van der Waals surface area contributed by atoms with Crippen molar-refractivity contribution < 1.29 is 28.6 Å². The maximum absolute atomic E-state index is 12.9. The monoisotopic (exact) mass is 975 g/mol. The van der Waals surface area contributed by atoms with Gasteiger partial charge in [-0.3, -0.25) is 14.4 Å². The fourth-order valence-corrected chi connectivity index (χ4v) is 8.21. The predicted octanol–water partition coefficient (Wildman–Crippen LogP) is 19.9. The van der Waals surface area contributed by atoms with Gasteiger partial charge in [0.15, 0.2) is 6.10 Å². The number of allylic oxidation sites excluding steroid dienone is 14. The summed E-state index contributed by atoms with van der Waals surface area (Å²) in [5.41, 5.74) is 0. The van der Waals surface area contributed by atoms with Crippen molar-refractivity contribution in [3.05, 3.63) is 85.1 Å². The zero-order valence-electron chi connectivity index (χ0n) is 46.0. The third-order valence-electron chi connectivity index (χ3n) is 12.6. The lowest BCUT2D eigenvalue weighted by Crippen LogP contribution is -2.30. The summed E-state index contributed by atoms with van der Waals surface area (Å²) in [4.78, 5) is 38.2. The highest BCUT2D eigenvalue weighted by atomic mass is 16.6. The van der Waals surface area contributed by atoms with Gasteiger partial charge in [-0.25, -0.2) is 0 Å². The van der Waals surface area contributed by atoms with Crippen LogP contribution in [0.2, 0.25) is 0 Å². The quantitative estimate of drug-likeness (QED) is 0.0261. The van der Waals surface area contributed by atoms with Gasteiger partial charge in [0.05, 0.1) is 0 Å². The van der Waals surface area contributed by atoms with Crippen LogP contribution in [0.15, 0.2) is 85.1 Å². The maximum atomic E-state index is 12.9. The van der Waals surface area contributed by atoms with Gasteiger partial charge < -0.3 is 14.2 Å². The Morgan fingerprint density at radius 3 is 0.886 bits per heavy atom. The summed E-state index contributed by atoms with van der Waals surface area (Å²) in [7, 11) is 0. The molecule has 0 aromatic carbocycles. The summed E-state index contributed by atoms with van der Waals surface area (Å²) < 4.78 is 16.9. The molecule has 0 bridgehead atoms. The summed E-state index contributed by atoms with van der Waals surface area (Å²) in [6.07, 6.45) is 75.7. The molecule has 0 N–H and O–H groups in total. The van der Waals surface area contributed by atoms with Gasteiger partial charge >= 0.3 is 17.9 Å². The van der Waals surface area contributed by atoms with E-state index in [-0.39, 0.29) is 31.1 Å². The summed E-state index contributed by atoms with van der Waals surface area (Å²) >= 11 is 0. The highest BCUT2D eigenvalue weighted by Gasteiger charge is 2.19. The third kappa shape index (κ3) is 55.5. The minimum Gasteiger partial charge on any atom is -0.462 e. The van der Waals surface area contributed by atoms with Gasteiger partial charge in [-0.05, 0) is 96.3 Å². The molecular formula is C64H110O6. The normalized spacial score (nSPS) is 12.7. The second-order valence-corrected chi connectivity index (χ2v) is 19.5. The van der Waals surface area contributed by atoms with Crippen LogP contribution in [0, 0.1) is 0 Å². The molecule has 1 unspecified atom stereocenters. The lowest BCUT2D eigenvalue weighted by Gasteiger charge is -2.18. The SMILES string of the molecule is CC/C=C\C/C=C\C/C=C\C/C=C\C/C=C\CCCCCCCC(=O)OCC(COC(=O)CCCCCCCCCCCCCCC)OC(=O)CCCCCCCCC/C=C\C/C=C\CCCCCC. The maximum Gasteiger partial charge on any atom is 0.306 e. The molecule has 402 valence electrons. The van der Waals surface area contributed by atoms with E-state index in [2.05, 4.69) is 106 Å². The van der Waals surface area contributed by atoms with Crippen LogP contribution < -0.4 is 0 Å². The van der Waals surface area contributed by atoms with Gasteiger partial charge in [-0.2, -0.15) is 0 Å². The van der Waals surface area contributed by atoms with Crippen LogP contribution in [0.3, 0.4) is 0 Å². The van der Waals surface area contributed by atoms with Crippen molar-refractivity contribution in [3.8, 4) is 0 Å². The van der Waals surface area contributed by atoms with Crippen molar-refractivity contribution in [3.63, 3.8) is 0 Å². The van der Waals surface area contributed by atoms with E-state index >= 15 is 0 Å². The van der Waals surface area contributed by atoms with E-state index in [1.807, 2.05) is 0 Å². The van der Waals surface area contributed by atoms with E-state index in [1.54, 1.807) is 0 Å². The first kappa shape index (κ1) is 66.6. The Bertz CT molecular complexity index is 1350. The Labute approximate surface area is 433 Å². The molecule has 0 amide bonds. The van der Waals surface area contributed by atoms with Crippen LogP contribution in [0.1, 0.15) is 284 Å². The van der Waals surface area contributed by atoms with Gasteiger partial charge in [-0.1, -0.05) is 254 Å². The van der Waals surface area contributed by atoms with Crippen LogP contribution in [0.25, 0.3) is 0 Å². The number of hydrogen-bond acceptors (Lipinski definition) is 6. The highest BCUT2D eigenvalue weighted by Crippen LogP contribution is 2.15. The molecule has 0 aromatic heterocycles. The first-order chi connectivity index (χ1) is 34.5. The molecule has 0 saturated heterocycles. The molecule has 0 saturated carbocycles. The molecule has 0 spiro atoms. The lowest BCUT2D eigenvalue weighted by molar-refractivity contribution is -0.167. The smallest absolute Gasteiger partial charge is 0.306 e. The number of esters is 3. The summed E-state index contributed by atoms with van der Waals surface area (Å²) in [6, 6.07) is 0. The van der Waals surface area contributed by atoms with E-state index in [1.165, 1.54) is 122 Å². The van der Waals surface area contributed by atoms with Crippen molar-refractivity contribution in [2.24, 2.45) is 0 Å². The fourth-order valence-electron chi connectivity index (χ4n) is 8.21. The average Bonchev–Trinajstić information content (AvgIpc) is 3.36. The van der Waals surface area contributed by atoms with Crippen molar-refractivity contribution in [2.75, 3.05) is 13.2 Å². The third-order valence-corrected chi connectivity index (χ3v) is 12.6. The molecule has 6 nitrogen and oxygen atoms in total. The summed E-state index contributed by atoms with van der Waals surface area (Å²) in [6.45, 7) is 6.51. The number of carbonyl (C=O) groups is 3. The number of carbonyl (C=O) groups excluding carboxylic acids is 3. The van der Waals surface area contributed by atoms with Crippen LogP contribution >= 0.6 is 0 Å². The molecule has 0 fully saturated rings. The molecule has 0 aliphatic carbocycles. The number of unbranched alkanes of at least 4 members (excludes halogenated alkanes) is 28. The summed E-state index contributed by atoms with van der Waals surface area (Å²) in [5.74, 6) is -0.903. The molecule has 1 atom stereocenters. The van der Waals surface area contributed by atoms with Gasteiger partial charge in [0.1, 0.15) is 13.2 Å². The van der Waals surface area contributed by atoms with E-state index in [0.29, 0.717) is 19.3 Å². The molecule has 6 heteroatoms. The molecule has 0 heterocycles. The Kier molecular flexibility index (Phi) is 55.3. The molecule has 70 heavy (non-hydrogen) atoms. The fraction of sp³-hybridized carbons (Fsp3) is 0.734. The van der Waals surface area contributed by atoms with Gasteiger partial charge in [0.25, 0.3) is 0 Å². The van der Waals surface area contributed by atoms with E-state index in [9.17, 15) is 14.4 Å². The van der Waals surface area contributed by atoms with Crippen LogP contribution in [0.5, 0.6) is 0 Å². The molecule has 0 rings (SSSR count). The Balaban J connectivity index is 4.41. The first-order valence-electron chi connectivity index (χ1n) is 29.6. The van der Waals surface area contributed by atoms with E-state index < -0.39 is 6.10 Å². The van der Waals surface area contributed by atoms with E-state index in [4.69, 9.17) is 14.2 Å². The average molecular weight is 976 g/mol. The zero-order chi connectivity index (χ0) is 50.7. The van der Waals surface area contributed by atoms with Crippen molar-refractivity contribution >= 4 is 17.9 Å². The largest absolute Gasteiger partial charge is 0.462 e. The van der Waals surface area contributed by atoms with E-state index in [0.717, 1.165) is 122 Å². The number of rotatable bonds is 53. The van der Waals surface area contributed by atoms with Crippen molar-refractivity contribution in [1.82, 2.24) is 0 Å². The molecule has 0 radical (unpaired) electrons. The molecule has 0 aromatic rings. The van der Waals surface area contributed by atoms with Crippen molar-refractivity contribution in [1.29, 1.82) is 0 Å². The van der Waals surface area contributed by atoms with Crippen LogP contribution in [-0.4, -0.2) is 37.2 Å². The number of ether oxygens (including phenoxy) is 3. The minimum absolute atomic E-state index is 0.0841. The lowest BCUT2D eigenvalue weighted by atomic mass is 10.0. The Hall–Kier alpha value is -3.41. The Morgan fingerprint density at radius 1 is 0.300 bits per heavy atom. The standard InChI is InChI=1S/C64H110O6/c1-4-7-10-13-16-19-22-25-27-29-31-32-33-35-36-39-42-45-48-51-54-57-63(66)69-60-61(59-68-62(65)56-53-50-47-44-41-38-24-21-18-15-12-9-6-3)70-64(67)58-55-52-49-46-43-40-37-34-30-28-26-23-20-17-14-11-8-5-2/h7,10,16,19-20,23,25,27-28,30-32,35-36,61H,4-6,8-9,11-15,17-18,21-22,24,26,29,33-34,37-60H2,1-3H3/b10-7-,19-16-,23-20-,27-25-,30-28-,32-31-,36-35-. The second kappa shape index (κ2) is 58.2. The van der Waals surface area contributed by atoms with Gasteiger partial charge in [-0.15, -0.1) is 0 Å². The second-order valence-electron chi connectivity index (χ2n) is 19.5. The molecule has 0 aliphatic heterocycles. The van der Waals surface area contributed by atoms with Gasteiger partial charge in [0, 0.05) is 19.3 Å². The predicted molar refractivity (Wildman–Crippen MR) is 302 cm³/mol. The summed E-state index contributed by atoms with van der Waals surface area (Å²) in [5, 5.41) is 0. The highest BCUT2D eigenvalue weighted by molar-refractivity contribution is 5.71. The molecular weight excluding hydrogens is 865 g/mol. The van der Waals surface area contributed by atoms with Crippen LogP contribution in [-0.2, 0) is 28.6 Å². The number of hydrogen-bond donors (Lipinski definition) is 0. The molecule has 0 aliphatic rings. The Morgan fingerprint density at radius 2 is 0.557 bits per heavy atom. The van der Waals surface area contributed by atoms with Gasteiger partial charge in [0.2, 0.25) is 0 Å². The first-order valence-corrected chi connectivity index (χ1v) is 29.6. The van der Waals surface area contributed by atoms with Crippen molar-refractivity contribution in [2.45, 2.75) is 290 Å². The van der Waals surface area contributed by atoms with Crippen LogP contribution in [0.4, 0.5) is 0 Å². The minimum atomic E-state index is -0.788. The topological polar surface area (TPSA) is 78.9 Å².